The highest BCUT2D eigenvalue weighted by atomic mass is 127. The van der Waals surface area contributed by atoms with Gasteiger partial charge in [0.15, 0.2) is 5.96 Å². The highest BCUT2D eigenvalue weighted by Gasteiger charge is 2.20. The van der Waals surface area contributed by atoms with Crippen molar-refractivity contribution in [3.8, 4) is 5.69 Å². The third kappa shape index (κ3) is 7.30. The lowest BCUT2D eigenvalue weighted by Crippen LogP contribution is -2.48. The van der Waals surface area contributed by atoms with Gasteiger partial charge in [0.25, 0.3) is 0 Å². The van der Waals surface area contributed by atoms with Gasteiger partial charge < -0.3 is 10.6 Å². The van der Waals surface area contributed by atoms with Crippen LogP contribution in [0.3, 0.4) is 0 Å². The Balaban J connectivity index is 0.00000306. The van der Waals surface area contributed by atoms with Crippen LogP contribution in [0, 0.1) is 6.92 Å². The SMILES string of the molecule is CCNC(=NCc1cccc(-n2cccn2)c1)NC1CCN(Cc2ccccc2C)CC1.I. The lowest BCUT2D eigenvalue weighted by atomic mass is 10.0. The summed E-state index contributed by atoms with van der Waals surface area (Å²) < 4.78 is 1.88. The lowest BCUT2D eigenvalue weighted by molar-refractivity contribution is 0.198. The molecule has 0 spiro atoms. The fourth-order valence-corrected chi connectivity index (χ4v) is 4.17. The van der Waals surface area contributed by atoms with Crippen LogP contribution in [0.15, 0.2) is 72.0 Å². The number of guanidine groups is 1. The van der Waals surface area contributed by atoms with Crippen molar-refractivity contribution in [1.82, 2.24) is 25.3 Å². The summed E-state index contributed by atoms with van der Waals surface area (Å²) in [5.41, 5.74) is 5.04. The third-order valence-electron chi connectivity index (χ3n) is 6.03. The normalized spacial score (nSPS) is 15.2. The Morgan fingerprint density at radius 3 is 2.64 bits per heavy atom. The van der Waals surface area contributed by atoms with Gasteiger partial charge in [0.05, 0.1) is 12.2 Å². The second kappa shape index (κ2) is 12.7. The molecule has 0 atom stereocenters. The van der Waals surface area contributed by atoms with Crippen molar-refractivity contribution in [3.63, 3.8) is 0 Å². The number of piperidine rings is 1. The van der Waals surface area contributed by atoms with Gasteiger partial charge in [-0.2, -0.15) is 5.10 Å². The topological polar surface area (TPSA) is 57.5 Å². The van der Waals surface area contributed by atoms with Crippen molar-refractivity contribution in [1.29, 1.82) is 0 Å². The van der Waals surface area contributed by atoms with Crippen molar-refractivity contribution in [2.24, 2.45) is 4.99 Å². The summed E-state index contributed by atoms with van der Waals surface area (Å²) in [5, 5.41) is 11.4. The first-order valence-corrected chi connectivity index (χ1v) is 11.6. The first kappa shape index (κ1) is 25.2. The van der Waals surface area contributed by atoms with Crippen LogP contribution in [-0.2, 0) is 13.1 Å². The highest BCUT2D eigenvalue weighted by molar-refractivity contribution is 14.0. The Morgan fingerprint density at radius 1 is 1.09 bits per heavy atom. The van der Waals surface area contributed by atoms with E-state index >= 15 is 0 Å². The zero-order valence-corrected chi connectivity index (χ0v) is 21.9. The number of aliphatic imine (C=N–C) groups is 1. The summed E-state index contributed by atoms with van der Waals surface area (Å²) in [7, 11) is 0. The minimum Gasteiger partial charge on any atom is -0.357 e. The molecule has 0 bridgehead atoms. The quantitative estimate of drug-likeness (QED) is 0.255. The van der Waals surface area contributed by atoms with Gasteiger partial charge in [0.1, 0.15) is 0 Å². The van der Waals surface area contributed by atoms with E-state index in [4.69, 9.17) is 4.99 Å². The van der Waals surface area contributed by atoms with Gasteiger partial charge in [0.2, 0.25) is 0 Å². The summed E-state index contributed by atoms with van der Waals surface area (Å²) >= 11 is 0. The van der Waals surface area contributed by atoms with Gasteiger partial charge in [-0.05, 0) is 61.6 Å². The molecular formula is C26H35IN6. The van der Waals surface area contributed by atoms with E-state index in [1.54, 1.807) is 6.20 Å². The molecule has 2 aromatic carbocycles. The minimum atomic E-state index is 0. The van der Waals surface area contributed by atoms with Crippen LogP contribution in [0.4, 0.5) is 0 Å². The van der Waals surface area contributed by atoms with E-state index in [1.807, 2.05) is 16.9 Å². The summed E-state index contributed by atoms with van der Waals surface area (Å²) in [6.07, 6.45) is 6.01. The number of likely N-dealkylation sites (tertiary alicyclic amines) is 1. The third-order valence-corrected chi connectivity index (χ3v) is 6.03. The first-order valence-electron chi connectivity index (χ1n) is 11.6. The molecule has 1 fully saturated rings. The molecule has 1 aromatic heterocycles. The Morgan fingerprint density at radius 2 is 1.91 bits per heavy atom. The maximum Gasteiger partial charge on any atom is 0.191 e. The smallest absolute Gasteiger partial charge is 0.191 e. The molecule has 176 valence electrons. The maximum atomic E-state index is 4.85. The van der Waals surface area contributed by atoms with E-state index in [0.29, 0.717) is 12.6 Å². The van der Waals surface area contributed by atoms with Crippen LogP contribution in [0.2, 0.25) is 0 Å². The molecular weight excluding hydrogens is 523 g/mol. The maximum absolute atomic E-state index is 4.85. The Kier molecular flexibility index (Phi) is 9.75. The molecule has 6 nitrogen and oxygen atoms in total. The lowest BCUT2D eigenvalue weighted by Gasteiger charge is -2.33. The largest absolute Gasteiger partial charge is 0.357 e. The fourth-order valence-electron chi connectivity index (χ4n) is 4.17. The van der Waals surface area contributed by atoms with Gasteiger partial charge in [0, 0.05) is 44.6 Å². The molecule has 2 heterocycles. The highest BCUT2D eigenvalue weighted by Crippen LogP contribution is 2.16. The first-order chi connectivity index (χ1) is 15.7. The zero-order chi connectivity index (χ0) is 22.2. The molecule has 33 heavy (non-hydrogen) atoms. The van der Waals surface area contributed by atoms with Crippen LogP contribution < -0.4 is 10.6 Å². The Hall–Kier alpha value is -2.39. The molecule has 1 saturated heterocycles. The average Bonchev–Trinajstić information content (AvgIpc) is 3.36. The van der Waals surface area contributed by atoms with E-state index in [-0.39, 0.29) is 24.0 Å². The number of nitrogens with zero attached hydrogens (tertiary/aromatic N) is 4. The number of hydrogen-bond acceptors (Lipinski definition) is 3. The van der Waals surface area contributed by atoms with E-state index in [9.17, 15) is 0 Å². The van der Waals surface area contributed by atoms with Crippen LogP contribution in [0.1, 0.15) is 36.5 Å². The number of aryl methyl sites for hydroxylation is 1. The second-order valence-electron chi connectivity index (χ2n) is 8.44. The van der Waals surface area contributed by atoms with Gasteiger partial charge in [-0.15, -0.1) is 24.0 Å². The summed E-state index contributed by atoms with van der Waals surface area (Å²) in [6, 6.07) is 19.5. The molecule has 0 saturated carbocycles. The van der Waals surface area contributed by atoms with Crippen molar-refractivity contribution in [3.05, 3.63) is 83.7 Å². The molecule has 7 heteroatoms. The van der Waals surface area contributed by atoms with Gasteiger partial charge in [-0.1, -0.05) is 36.4 Å². The summed E-state index contributed by atoms with van der Waals surface area (Å²) in [5.74, 6) is 0.898. The predicted molar refractivity (Wildman–Crippen MR) is 146 cm³/mol. The average molecular weight is 559 g/mol. The van der Waals surface area contributed by atoms with Crippen molar-refractivity contribution < 1.29 is 0 Å². The van der Waals surface area contributed by atoms with E-state index in [2.05, 4.69) is 83.0 Å². The monoisotopic (exact) mass is 558 g/mol. The molecule has 4 rings (SSSR count). The van der Waals surface area contributed by atoms with Crippen molar-refractivity contribution in [2.45, 2.75) is 45.8 Å². The zero-order valence-electron chi connectivity index (χ0n) is 19.6. The van der Waals surface area contributed by atoms with Gasteiger partial charge >= 0.3 is 0 Å². The van der Waals surface area contributed by atoms with Crippen LogP contribution in [0.5, 0.6) is 0 Å². The Bertz CT molecular complexity index is 1010. The number of rotatable bonds is 7. The van der Waals surface area contributed by atoms with Crippen molar-refractivity contribution in [2.75, 3.05) is 19.6 Å². The molecule has 2 N–H and O–H groups in total. The number of aromatic nitrogens is 2. The fraction of sp³-hybridized carbons (Fsp3) is 0.385. The Labute approximate surface area is 214 Å². The van der Waals surface area contributed by atoms with Crippen LogP contribution in [-0.4, -0.2) is 46.3 Å². The summed E-state index contributed by atoms with van der Waals surface area (Å²) in [6.45, 7) is 9.06. The van der Waals surface area contributed by atoms with Crippen LogP contribution in [0.25, 0.3) is 5.69 Å². The van der Waals surface area contributed by atoms with E-state index < -0.39 is 0 Å². The number of hydrogen-bond donors (Lipinski definition) is 2. The summed E-state index contributed by atoms with van der Waals surface area (Å²) in [4.78, 5) is 7.41. The molecule has 0 aliphatic carbocycles. The van der Waals surface area contributed by atoms with E-state index in [0.717, 1.165) is 50.7 Å². The molecule has 0 radical (unpaired) electrons. The predicted octanol–water partition coefficient (Wildman–Crippen LogP) is 4.52. The van der Waals surface area contributed by atoms with Crippen LogP contribution >= 0.6 is 24.0 Å². The second-order valence-corrected chi connectivity index (χ2v) is 8.44. The van der Waals surface area contributed by atoms with Crippen molar-refractivity contribution >= 4 is 29.9 Å². The van der Waals surface area contributed by atoms with Gasteiger partial charge in [-0.3, -0.25) is 4.90 Å². The molecule has 1 aliphatic heterocycles. The number of benzene rings is 2. The molecule has 1 aliphatic rings. The van der Waals surface area contributed by atoms with E-state index in [1.165, 1.54) is 16.7 Å². The molecule has 0 unspecified atom stereocenters. The molecule has 3 aromatic rings. The number of halogens is 1. The standard InChI is InChI=1S/C26H34N6.HI/c1-3-27-26(28-19-22-9-6-11-25(18-22)32-15-7-14-29-32)30-24-12-16-31(17-13-24)20-23-10-5-4-8-21(23)2;/h4-11,14-15,18,24H,3,12-13,16-17,19-20H2,1-2H3,(H2,27,28,30);1H. The molecule has 0 amide bonds. The number of nitrogens with one attached hydrogen (secondary N) is 2. The van der Waals surface area contributed by atoms with Gasteiger partial charge in [-0.25, -0.2) is 9.67 Å². The minimum absolute atomic E-state index is 0.